The summed E-state index contributed by atoms with van der Waals surface area (Å²) in [6.45, 7) is 0. The minimum atomic E-state index is -0.548. The minimum Gasteiger partial charge on any atom is -0.423 e. The molecule has 0 spiro atoms. The van der Waals surface area contributed by atoms with E-state index in [-0.39, 0.29) is 11.5 Å². The summed E-state index contributed by atoms with van der Waals surface area (Å²) in [6, 6.07) is 22.9. The molecule has 1 saturated heterocycles. The molecule has 0 atom stereocenters. The molecule has 1 heterocycles. The van der Waals surface area contributed by atoms with E-state index in [0.29, 0.717) is 25.6 Å². The van der Waals surface area contributed by atoms with Gasteiger partial charge in [0.2, 0.25) is 0 Å². The lowest BCUT2D eigenvalue weighted by atomic mass is 10.2. The molecule has 148 valence electrons. The summed E-state index contributed by atoms with van der Waals surface area (Å²) in [7, 11) is 0. The maximum Gasteiger partial charge on any atom is 0.345 e. The van der Waals surface area contributed by atoms with E-state index in [2.05, 4.69) is 0 Å². The average Bonchev–Trinajstić information content (AvgIpc) is 3.02. The Bertz CT molecular complexity index is 1180. The normalized spacial score (nSPS) is 15.0. The Labute approximate surface area is 188 Å². The van der Waals surface area contributed by atoms with E-state index in [4.69, 9.17) is 28.6 Å². The van der Waals surface area contributed by atoms with Crippen molar-refractivity contribution in [2.24, 2.45) is 0 Å². The number of anilines is 1. The zero-order valence-corrected chi connectivity index (χ0v) is 17.8. The van der Waals surface area contributed by atoms with Crippen LogP contribution in [-0.4, -0.2) is 16.2 Å². The number of ether oxygens (including phenoxy) is 1. The van der Waals surface area contributed by atoms with E-state index >= 15 is 0 Å². The SMILES string of the molecule is O=C(Oc1cccc(C=C2SC(=S)N(c3ccccc3)C2=O)c1)c1ccccc1Cl. The second-order valence-electron chi connectivity index (χ2n) is 6.29. The number of amides is 1. The number of halogens is 1. The molecule has 3 aromatic rings. The van der Waals surface area contributed by atoms with Crippen LogP contribution in [0.2, 0.25) is 5.02 Å². The van der Waals surface area contributed by atoms with Gasteiger partial charge in [0.15, 0.2) is 4.32 Å². The van der Waals surface area contributed by atoms with Crippen molar-refractivity contribution in [2.45, 2.75) is 0 Å². The maximum absolute atomic E-state index is 12.9. The fourth-order valence-corrected chi connectivity index (χ4v) is 4.39. The molecule has 1 amide bonds. The molecule has 0 radical (unpaired) electrons. The molecule has 0 unspecified atom stereocenters. The van der Waals surface area contributed by atoms with E-state index in [1.54, 1.807) is 48.5 Å². The first-order valence-electron chi connectivity index (χ1n) is 8.93. The lowest BCUT2D eigenvalue weighted by molar-refractivity contribution is -0.113. The van der Waals surface area contributed by atoms with Gasteiger partial charge in [0.1, 0.15) is 5.75 Å². The number of hydrogen-bond acceptors (Lipinski definition) is 5. The molecular weight excluding hydrogens is 438 g/mol. The number of esters is 1. The Morgan fingerprint density at radius 3 is 2.50 bits per heavy atom. The van der Waals surface area contributed by atoms with Crippen molar-refractivity contribution in [2.75, 3.05) is 4.90 Å². The van der Waals surface area contributed by atoms with E-state index in [1.807, 2.05) is 36.4 Å². The number of carbonyl (C=O) groups excluding carboxylic acids is 2. The molecule has 7 heteroatoms. The maximum atomic E-state index is 12.9. The number of hydrogen-bond donors (Lipinski definition) is 0. The molecule has 30 heavy (non-hydrogen) atoms. The largest absolute Gasteiger partial charge is 0.423 e. The van der Waals surface area contributed by atoms with Gasteiger partial charge in [-0.1, -0.05) is 78.0 Å². The number of rotatable bonds is 4. The van der Waals surface area contributed by atoms with Crippen LogP contribution in [0.3, 0.4) is 0 Å². The molecule has 0 bridgehead atoms. The number of benzene rings is 3. The highest BCUT2D eigenvalue weighted by atomic mass is 35.5. The van der Waals surface area contributed by atoms with Crippen molar-refractivity contribution in [1.82, 2.24) is 0 Å². The zero-order valence-electron chi connectivity index (χ0n) is 15.4. The summed E-state index contributed by atoms with van der Waals surface area (Å²) < 4.78 is 5.92. The topological polar surface area (TPSA) is 46.6 Å². The molecule has 1 aliphatic heterocycles. The van der Waals surface area contributed by atoms with E-state index in [9.17, 15) is 9.59 Å². The zero-order chi connectivity index (χ0) is 21.1. The predicted molar refractivity (Wildman–Crippen MR) is 125 cm³/mol. The van der Waals surface area contributed by atoms with Gasteiger partial charge in [0.05, 0.1) is 21.2 Å². The van der Waals surface area contributed by atoms with Crippen LogP contribution in [0.5, 0.6) is 5.75 Å². The number of carbonyl (C=O) groups is 2. The van der Waals surface area contributed by atoms with Gasteiger partial charge >= 0.3 is 5.97 Å². The van der Waals surface area contributed by atoms with Gasteiger partial charge in [-0.15, -0.1) is 0 Å². The second-order valence-corrected chi connectivity index (χ2v) is 8.38. The van der Waals surface area contributed by atoms with Crippen LogP contribution >= 0.6 is 35.6 Å². The quantitative estimate of drug-likeness (QED) is 0.212. The summed E-state index contributed by atoms with van der Waals surface area (Å²) in [5.74, 6) is -0.380. The molecule has 0 N–H and O–H groups in total. The summed E-state index contributed by atoms with van der Waals surface area (Å²) >= 11 is 12.7. The average molecular weight is 452 g/mol. The molecule has 0 saturated carbocycles. The van der Waals surface area contributed by atoms with Gasteiger partial charge in [-0.05, 0) is 48.0 Å². The lowest BCUT2D eigenvalue weighted by Gasteiger charge is -2.13. The Morgan fingerprint density at radius 2 is 1.73 bits per heavy atom. The minimum absolute atomic E-state index is 0.185. The van der Waals surface area contributed by atoms with Gasteiger partial charge in [0.25, 0.3) is 5.91 Å². The highest BCUT2D eigenvalue weighted by Crippen LogP contribution is 2.36. The molecule has 1 aliphatic rings. The van der Waals surface area contributed by atoms with Crippen molar-refractivity contribution < 1.29 is 14.3 Å². The molecule has 0 aliphatic carbocycles. The third-order valence-electron chi connectivity index (χ3n) is 4.27. The van der Waals surface area contributed by atoms with Crippen LogP contribution in [0.4, 0.5) is 5.69 Å². The summed E-state index contributed by atoms with van der Waals surface area (Å²) in [4.78, 5) is 27.2. The van der Waals surface area contributed by atoms with Crippen LogP contribution in [0.25, 0.3) is 6.08 Å². The summed E-state index contributed by atoms with van der Waals surface area (Å²) in [6.07, 6.45) is 1.73. The molecule has 1 fully saturated rings. The van der Waals surface area contributed by atoms with Crippen LogP contribution in [-0.2, 0) is 4.79 Å². The summed E-state index contributed by atoms with van der Waals surface area (Å²) in [5.41, 5.74) is 1.73. The Hall–Kier alpha value is -2.93. The van der Waals surface area contributed by atoms with E-state index in [1.165, 1.54) is 16.7 Å². The van der Waals surface area contributed by atoms with Gasteiger partial charge in [-0.3, -0.25) is 9.69 Å². The highest BCUT2D eigenvalue weighted by molar-refractivity contribution is 8.27. The van der Waals surface area contributed by atoms with Crippen LogP contribution < -0.4 is 9.64 Å². The van der Waals surface area contributed by atoms with Crippen molar-refractivity contribution in [1.29, 1.82) is 0 Å². The Kier molecular flexibility index (Phi) is 5.99. The monoisotopic (exact) mass is 451 g/mol. The standard InChI is InChI=1S/C23H14ClNO3S2/c24-19-12-5-4-11-18(19)22(27)28-17-10-6-7-15(13-17)14-20-21(26)25(23(29)30-20)16-8-2-1-3-9-16/h1-14H. The van der Waals surface area contributed by atoms with Crippen LogP contribution in [0.1, 0.15) is 15.9 Å². The van der Waals surface area contributed by atoms with Crippen LogP contribution in [0, 0.1) is 0 Å². The van der Waals surface area contributed by atoms with Crippen molar-refractivity contribution in [3.8, 4) is 5.75 Å². The molecule has 4 nitrogen and oxygen atoms in total. The summed E-state index contributed by atoms with van der Waals surface area (Å²) in [5, 5.41) is 0.322. The third-order valence-corrected chi connectivity index (χ3v) is 5.90. The van der Waals surface area contributed by atoms with Gasteiger partial charge < -0.3 is 4.74 Å². The molecule has 3 aromatic carbocycles. The Morgan fingerprint density at radius 1 is 1.00 bits per heavy atom. The first-order chi connectivity index (χ1) is 14.5. The number of para-hydroxylation sites is 1. The molecule has 4 rings (SSSR count). The number of thiocarbonyl (C=S) groups is 1. The van der Waals surface area contributed by atoms with E-state index in [0.717, 1.165) is 5.69 Å². The van der Waals surface area contributed by atoms with Gasteiger partial charge in [0, 0.05) is 0 Å². The fourth-order valence-electron chi connectivity index (χ4n) is 2.88. The highest BCUT2D eigenvalue weighted by Gasteiger charge is 2.33. The molecular formula is C23H14ClNO3S2. The first-order valence-corrected chi connectivity index (χ1v) is 10.5. The molecule has 0 aromatic heterocycles. The number of thioether (sulfide) groups is 1. The smallest absolute Gasteiger partial charge is 0.345 e. The number of nitrogens with zero attached hydrogens (tertiary/aromatic N) is 1. The van der Waals surface area contributed by atoms with Crippen molar-refractivity contribution >= 4 is 63.5 Å². The van der Waals surface area contributed by atoms with Gasteiger partial charge in [-0.25, -0.2) is 4.79 Å². The van der Waals surface area contributed by atoms with Crippen molar-refractivity contribution in [3.05, 3.63) is 99.9 Å². The lowest BCUT2D eigenvalue weighted by Crippen LogP contribution is -2.27. The first kappa shape index (κ1) is 20.3. The fraction of sp³-hybridized carbons (Fsp3) is 0. The third kappa shape index (κ3) is 4.31. The van der Waals surface area contributed by atoms with Gasteiger partial charge in [-0.2, -0.15) is 0 Å². The van der Waals surface area contributed by atoms with E-state index < -0.39 is 5.97 Å². The Balaban J connectivity index is 1.55. The van der Waals surface area contributed by atoms with Crippen LogP contribution in [0.15, 0.2) is 83.8 Å². The van der Waals surface area contributed by atoms with Crippen molar-refractivity contribution in [3.63, 3.8) is 0 Å². The predicted octanol–water partition coefficient (Wildman–Crippen LogP) is 5.97. The second kappa shape index (κ2) is 8.83.